The maximum absolute atomic E-state index is 11.0. The fraction of sp³-hybridized carbons (Fsp3) is 0.577. The molecule has 0 N–H and O–H groups in total. The molecule has 0 saturated carbocycles. The average Bonchev–Trinajstić information content (AvgIpc) is 2.75. The van der Waals surface area contributed by atoms with E-state index in [0.717, 1.165) is 19.3 Å². The predicted molar refractivity (Wildman–Crippen MR) is 133 cm³/mol. The number of aryl methyl sites for hydroxylation is 3. The number of piperidine rings is 1. The molecule has 4 nitrogen and oxygen atoms in total. The lowest BCUT2D eigenvalue weighted by Gasteiger charge is -2.27. The van der Waals surface area contributed by atoms with Gasteiger partial charge in [-0.05, 0) is 61.8 Å². The normalized spacial score (nSPS) is 15.9. The minimum absolute atomic E-state index is 0.363. The lowest BCUT2D eigenvalue weighted by molar-refractivity contribution is 0.289. The Labute approximate surface area is 191 Å². The second-order valence-corrected chi connectivity index (χ2v) is 10.3. The lowest BCUT2D eigenvalue weighted by atomic mass is 9.89. The van der Waals surface area contributed by atoms with E-state index >= 15 is 0 Å². The van der Waals surface area contributed by atoms with E-state index < -0.39 is 10.0 Å². The third-order valence-corrected chi connectivity index (χ3v) is 7.12. The summed E-state index contributed by atoms with van der Waals surface area (Å²) < 4.78 is 23.6. The summed E-state index contributed by atoms with van der Waals surface area (Å²) in [5.41, 5.74) is 6.63. The molecule has 3 rings (SSSR count). The predicted octanol–water partition coefficient (Wildman–Crippen LogP) is 6.12. The summed E-state index contributed by atoms with van der Waals surface area (Å²) in [5.74, 6) is 1.05. The van der Waals surface area contributed by atoms with Crippen molar-refractivity contribution in [1.29, 1.82) is 0 Å². The molecule has 1 fully saturated rings. The van der Waals surface area contributed by atoms with E-state index in [1.54, 1.807) is 4.31 Å². The number of rotatable bonds is 4. The van der Waals surface area contributed by atoms with Crippen molar-refractivity contribution < 1.29 is 8.42 Å². The molecule has 1 aromatic heterocycles. The minimum atomic E-state index is -2.92. The van der Waals surface area contributed by atoms with Crippen molar-refractivity contribution >= 4 is 10.0 Å². The van der Waals surface area contributed by atoms with Gasteiger partial charge in [-0.25, -0.2) is 12.7 Å². The van der Waals surface area contributed by atoms with Crippen LogP contribution in [-0.2, 0) is 16.4 Å². The summed E-state index contributed by atoms with van der Waals surface area (Å²) in [6.07, 6.45) is 6.23. The Bertz CT molecular complexity index is 901. The number of hydrogen-bond donors (Lipinski definition) is 0. The van der Waals surface area contributed by atoms with Gasteiger partial charge in [0.25, 0.3) is 0 Å². The Morgan fingerprint density at radius 3 is 2.26 bits per heavy atom. The second-order valence-electron chi connectivity index (χ2n) is 8.33. The molecule has 0 spiro atoms. The van der Waals surface area contributed by atoms with Gasteiger partial charge in [0.1, 0.15) is 0 Å². The number of benzene rings is 1. The lowest BCUT2D eigenvalue weighted by Crippen LogP contribution is -2.37. The summed E-state index contributed by atoms with van der Waals surface area (Å²) in [6.45, 7) is 16.3. The van der Waals surface area contributed by atoms with Gasteiger partial charge in [-0.2, -0.15) is 0 Å². The average molecular weight is 447 g/mol. The van der Waals surface area contributed by atoms with Crippen LogP contribution in [0.1, 0.15) is 81.3 Å². The molecular weight excluding hydrogens is 404 g/mol. The number of pyridine rings is 1. The Kier molecular flexibility index (Phi) is 11.4. The molecule has 174 valence electrons. The zero-order valence-corrected chi connectivity index (χ0v) is 21.6. The highest BCUT2D eigenvalue weighted by atomic mass is 32.2. The smallest absolute Gasteiger partial charge is 0.211 e. The third kappa shape index (κ3) is 8.38. The van der Waals surface area contributed by atoms with Crippen LogP contribution in [0.2, 0.25) is 0 Å². The van der Waals surface area contributed by atoms with Crippen molar-refractivity contribution in [2.75, 3.05) is 19.3 Å². The first-order valence-corrected chi connectivity index (χ1v) is 13.4. The van der Waals surface area contributed by atoms with Gasteiger partial charge in [-0.3, -0.25) is 4.98 Å². The third-order valence-electron chi connectivity index (χ3n) is 5.82. The van der Waals surface area contributed by atoms with Crippen LogP contribution in [0.4, 0.5) is 0 Å². The minimum Gasteiger partial charge on any atom is -0.260 e. The first kappa shape index (κ1) is 27.3. The molecule has 0 radical (unpaired) electrons. The molecule has 5 heteroatoms. The first-order chi connectivity index (χ1) is 14.6. The summed E-state index contributed by atoms with van der Waals surface area (Å²) in [4.78, 5) is 4.59. The standard InChI is InChI=1S/C17H21N.C7H15NO2S.C2H6/c1-5-15-7-6-10-18-17(15)14(4)16-9-8-12(2)11-13(16)3;1-7-3-5-8(6-4-7)11(2,9)10;1-2/h6-11,14H,5H2,1-4H3;7H,3-6H2,1-2H3;1-2H3. The number of hydrogen-bond acceptors (Lipinski definition) is 3. The van der Waals surface area contributed by atoms with E-state index in [-0.39, 0.29) is 0 Å². The molecule has 31 heavy (non-hydrogen) atoms. The largest absolute Gasteiger partial charge is 0.260 e. The monoisotopic (exact) mass is 446 g/mol. The van der Waals surface area contributed by atoms with E-state index in [0.29, 0.717) is 24.9 Å². The van der Waals surface area contributed by atoms with E-state index in [1.807, 2.05) is 26.1 Å². The van der Waals surface area contributed by atoms with Gasteiger partial charge in [-0.1, -0.05) is 64.4 Å². The number of nitrogens with zero attached hydrogens (tertiary/aromatic N) is 2. The zero-order valence-electron chi connectivity index (χ0n) is 20.8. The molecule has 1 atom stereocenters. The molecule has 0 amide bonds. The molecule has 0 bridgehead atoms. The van der Waals surface area contributed by atoms with E-state index in [9.17, 15) is 8.42 Å². The van der Waals surface area contributed by atoms with Crippen LogP contribution in [0.15, 0.2) is 36.5 Å². The molecule has 2 aromatic rings. The van der Waals surface area contributed by atoms with Crippen LogP contribution in [0.25, 0.3) is 0 Å². The Morgan fingerprint density at radius 2 is 1.74 bits per heavy atom. The molecule has 1 saturated heterocycles. The van der Waals surface area contributed by atoms with Crippen LogP contribution in [0.3, 0.4) is 0 Å². The van der Waals surface area contributed by atoms with Crippen molar-refractivity contribution in [2.45, 2.75) is 73.6 Å². The van der Waals surface area contributed by atoms with Crippen molar-refractivity contribution in [3.63, 3.8) is 0 Å². The summed E-state index contributed by atoms with van der Waals surface area (Å²) in [7, 11) is -2.92. The van der Waals surface area contributed by atoms with Crippen LogP contribution < -0.4 is 0 Å². The number of aromatic nitrogens is 1. The highest BCUT2D eigenvalue weighted by molar-refractivity contribution is 7.88. The molecule has 1 aliphatic heterocycles. The topological polar surface area (TPSA) is 50.3 Å². The van der Waals surface area contributed by atoms with Crippen LogP contribution in [-0.4, -0.2) is 37.1 Å². The Balaban J connectivity index is 0.000000317. The van der Waals surface area contributed by atoms with E-state index in [2.05, 4.69) is 63.9 Å². The van der Waals surface area contributed by atoms with Crippen molar-refractivity contribution in [3.05, 3.63) is 64.5 Å². The van der Waals surface area contributed by atoms with Crippen molar-refractivity contribution in [1.82, 2.24) is 9.29 Å². The Hall–Kier alpha value is -1.72. The molecule has 1 aromatic carbocycles. The zero-order chi connectivity index (χ0) is 23.6. The molecule has 1 aliphatic rings. The van der Waals surface area contributed by atoms with E-state index in [1.165, 1.54) is 34.2 Å². The fourth-order valence-electron chi connectivity index (χ4n) is 3.91. The molecule has 1 unspecified atom stereocenters. The van der Waals surface area contributed by atoms with Crippen LogP contribution in [0.5, 0.6) is 0 Å². The number of sulfonamides is 1. The maximum atomic E-state index is 11.0. The SMILES string of the molecule is CC.CC1CCN(S(C)(=O)=O)CC1.CCc1cccnc1C(C)c1ccc(C)cc1C. The summed E-state index contributed by atoms with van der Waals surface area (Å²) in [5, 5.41) is 0. The first-order valence-electron chi connectivity index (χ1n) is 11.6. The highest BCUT2D eigenvalue weighted by Crippen LogP contribution is 2.28. The van der Waals surface area contributed by atoms with Crippen LogP contribution in [0, 0.1) is 19.8 Å². The van der Waals surface area contributed by atoms with Gasteiger partial charge in [0.05, 0.1) is 11.9 Å². The van der Waals surface area contributed by atoms with E-state index in [4.69, 9.17) is 0 Å². The van der Waals surface area contributed by atoms with Gasteiger partial charge < -0.3 is 0 Å². The van der Waals surface area contributed by atoms with Gasteiger partial charge in [0.15, 0.2) is 0 Å². The van der Waals surface area contributed by atoms with Gasteiger partial charge in [0, 0.05) is 25.2 Å². The highest BCUT2D eigenvalue weighted by Gasteiger charge is 2.22. The molecule has 0 aliphatic carbocycles. The quantitative estimate of drug-likeness (QED) is 0.569. The van der Waals surface area contributed by atoms with Gasteiger partial charge in [-0.15, -0.1) is 0 Å². The fourth-order valence-corrected chi connectivity index (χ4v) is 4.79. The second kappa shape index (κ2) is 13.0. The molecular formula is C26H42N2O2S. The van der Waals surface area contributed by atoms with Gasteiger partial charge >= 0.3 is 0 Å². The maximum Gasteiger partial charge on any atom is 0.211 e. The van der Waals surface area contributed by atoms with Crippen molar-refractivity contribution in [2.24, 2.45) is 5.92 Å². The molecule has 2 heterocycles. The van der Waals surface area contributed by atoms with Gasteiger partial charge in [0.2, 0.25) is 10.0 Å². The van der Waals surface area contributed by atoms with Crippen LogP contribution >= 0.6 is 0 Å². The van der Waals surface area contributed by atoms with Crippen molar-refractivity contribution in [3.8, 4) is 0 Å². The summed E-state index contributed by atoms with van der Waals surface area (Å²) in [6, 6.07) is 10.9. The Morgan fingerprint density at radius 1 is 1.13 bits per heavy atom. The summed E-state index contributed by atoms with van der Waals surface area (Å²) >= 11 is 0.